The van der Waals surface area contributed by atoms with Gasteiger partial charge in [-0.3, -0.25) is 4.79 Å². The summed E-state index contributed by atoms with van der Waals surface area (Å²) in [6, 6.07) is 20.7. The molecular formula is C28H32N6O. The van der Waals surface area contributed by atoms with Crippen LogP contribution in [0.2, 0.25) is 0 Å². The van der Waals surface area contributed by atoms with Crippen molar-refractivity contribution in [3.05, 3.63) is 73.2 Å². The van der Waals surface area contributed by atoms with Crippen LogP contribution in [0.15, 0.2) is 73.2 Å². The number of para-hydroxylation sites is 1. The number of carbonyl (C=O) groups is 1. The van der Waals surface area contributed by atoms with Crippen molar-refractivity contribution in [3.8, 4) is 11.1 Å². The molecule has 3 heterocycles. The second-order valence-electron chi connectivity index (χ2n) is 8.81. The normalized spacial score (nSPS) is 13.9. The quantitative estimate of drug-likeness (QED) is 0.405. The standard InChI is InChI=1S/C28H32N6O/c1-3-31(4-2)28-27-26(29-21-30-28)24(22-11-7-5-8-12-22)19-34(27)20-25(35)33-17-15-32(16-18-33)23-13-9-6-10-14-23/h5-14,19,21H,3-4,15-18,20H2,1-2H3. The van der Waals surface area contributed by atoms with Crippen molar-refractivity contribution in [1.82, 2.24) is 19.4 Å². The summed E-state index contributed by atoms with van der Waals surface area (Å²) in [4.78, 5) is 29.3. The molecule has 1 saturated heterocycles. The summed E-state index contributed by atoms with van der Waals surface area (Å²) in [5.74, 6) is 1.01. The van der Waals surface area contributed by atoms with E-state index in [0.717, 1.165) is 67.2 Å². The Bertz CT molecular complexity index is 1280. The molecule has 180 valence electrons. The number of fused-ring (bicyclic) bond motifs is 1. The molecule has 1 fully saturated rings. The number of piperazine rings is 1. The van der Waals surface area contributed by atoms with Gasteiger partial charge >= 0.3 is 0 Å². The molecule has 0 N–H and O–H groups in total. The fourth-order valence-electron chi connectivity index (χ4n) is 4.92. The van der Waals surface area contributed by atoms with Gasteiger partial charge in [0.1, 0.15) is 23.9 Å². The van der Waals surface area contributed by atoms with Crippen LogP contribution >= 0.6 is 0 Å². The maximum atomic E-state index is 13.5. The maximum absolute atomic E-state index is 13.5. The zero-order valence-corrected chi connectivity index (χ0v) is 20.5. The number of amides is 1. The lowest BCUT2D eigenvalue weighted by atomic mass is 10.1. The van der Waals surface area contributed by atoms with E-state index >= 15 is 0 Å². The van der Waals surface area contributed by atoms with Crippen molar-refractivity contribution in [2.75, 3.05) is 49.1 Å². The van der Waals surface area contributed by atoms with E-state index in [0.29, 0.717) is 0 Å². The molecular weight excluding hydrogens is 436 g/mol. The first-order chi connectivity index (χ1) is 17.2. The Morgan fingerprint density at radius 1 is 0.886 bits per heavy atom. The van der Waals surface area contributed by atoms with Gasteiger partial charge in [0, 0.05) is 56.7 Å². The molecule has 1 amide bonds. The smallest absolute Gasteiger partial charge is 0.242 e. The van der Waals surface area contributed by atoms with E-state index in [9.17, 15) is 4.79 Å². The Morgan fingerprint density at radius 3 is 2.20 bits per heavy atom. The minimum Gasteiger partial charge on any atom is -0.368 e. The molecule has 0 aliphatic carbocycles. The number of hydrogen-bond donors (Lipinski definition) is 0. The van der Waals surface area contributed by atoms with Crippen LogP contribution in [0.1, 0.15) is 13.8 Å². The molecule has 0 saturated carbocycles. The summed E-state index contributed by atoms with van der Waals surface area (Å²) >= 11 is 0. The van der Waals surface area contributed by atoms with E-state index < -0.39 is 0 Å². The Kier molecular flexibility index (Phi) is 6.66. The third-order valence-corrected chi connectivity index (χ3v) is 6.84. The highest BCUT2D eigenvalue weighted by Crippen LogP contribution is 2.33. The Hall–Kier alpha value is -3.87. The highest BCUT2D eigenvalue weighted by Gasteiger charge is 2.24. The largest absolute Gasteiger partial charge is 0.368 e. The maximum Gasteiger partial charge on any atom is 0.242 e. The summed E-state index contributed by atoms with van der Waals surface area (Å²) in [7, 11) is 0. The molecule has 0 atom stereocenters. The Labute approximate surface area is 206 Å². The molecule has 2 aromatic heterocycles. The number of hydrogen-bond acceptors (Lipinski definition) is 5. The van der Waals surface area contributed by atoms with Gasteiger partial charge in [0.05, 0.1) is 0 Å². The molecule has 5 rings (SSSR count). The Balaban J connectivity index is 1.44. The lowest BCUT2D eigenvalue weighted by molar-refractivity contribution is -0.132. The van der Waals surface area contributed by atoms with Crippen LogP contribution in [-0.2, 0) is 11.3 Å². The van der Waals surface area contributed by atoms with Crippen LogP contribution < -0.4 is 9.80 Å². The van der Waals surface area contributed by atoms with Gasteiger partial charge in [-0.25, -0.2) is 9.97 Å². The monoisotopic (exact) mass is 468 g/mol. The summed E-state index contributed by atoms with van der Waals surface area (Å²) in [5, 5.41) is 0. The fraction of sp³-hybridized carbons (Fsp3) is 0.321. The van der Waals surface area contributed by atoms with E-state index in [2.05, 4.69) is 80.8 Å². The predicted octanol–water partition coefficient (Wildman–Crippen LogP) is 4.29. The van der Waals surface area contributed by atoms with E-state index in [4.69, 9.17) is 0 Å². The van der Waals surface area contributed by atoms with Crippen molar-refractivity contribution in [2.24, 2.45) is 0 Å². The number of anilines is 2. The minimum atomic E-state index is 0.128. The molecule has 35 heavy (non-hydrogen) atoms. The molecule has 7 nitrogen and oxygen atoms in total. The summed E-state index contributed by atoms with van der Waals surface area (Å²) in [5.41, 5.74) is 5.13. The van der Waals surface area contributed by atoms with Crippen molar-refractivity contribution in [1.29, 1.82) is 0 Å². The van der Waals surface area contributed by atoms with E-state index in [1.165, 1.54) is 5.69 Å². The molecule has 0 radical (unpaired) electrons. The average Bonchev–Trinajstić information content (AvgIpc) is 3.29. The highest BCUT2D eigenvalue weighted by atomic mass is 16.2. The third kappa shape index (κ3) is 4.58. The van der Waals surface area contributed by atoms with Crippen molar-refractivity contribution in [2.45, 2.75) is 20.4 Å². The van der Waals surface area contributed by atoms with Crippen LogP contribution in [-0.4, -0.2) is 64.6 Å². The van der Waals surface area contributed by atoms with Gasteiger partial charge in [-0.05, 0) is 31.5 Å². The van der Waals surface area contributed by atoms with Crippen LogP contribution in [0, 0.1) is 0 Å². The van der Waals surface area contributed by atoms with Crippen LogP contribution in [0.5, 0.6) is 0 Å². The number of carbonyl (C=O) groups excluding carboxylic acids is 1. The van der Waals surface area contributed by atoms with Gasteiger partial charge in [0.25, 0.3) is 0 Å². The minimum absolute atomic E-state index is 0.128. The number of rotatable bonds is 7. The third-order valence-electron chi connectivity index (χ3n) is 6.84. The van der Waals surface area contributed by atoms with Crippen molar-refractivity contribution >= 4 is 28.4 Å². The fourth-order valence-corrected chi connectivity index (χ4v) is 4.92. The van der Waals surface area contributed by atoms with Crippen molar-refractivity contribution < 1.29 is 4.79 Å². The van der Waals surface area contributed by atoms with Gasteiger partial charge in [-0.1, -0.05) is 48.5 Å². The van der Waals surface area contributed by atoms with Gasteiger partial charge in [0.2, 0.25) is 5.91 Å². The van der Waals surface area contributed by atoms with Gasteiger partial charge in [-0.2, -0.15) is 0 Å². The summed E-state index contributed by atoms with van der Waals surface area (Å²) in [6.07, 6.45) is 3.71. The number of nitrogens with zero attached hydrogens (tertiary/aromatic N) is 6. The van der Waals surface area contributed by atoms with Gasteiger partial charge in [-0.15, -0.1) is 0 Å². The van der Waals surface area contributed by atoms with Crippen molar-refractivity contribution in [3.63, 3.8) is 0 Å². The van der Waals surface area contributed by atoms with E-state index in [1.54, 1.807) is 6.33 Å². The first-order valence-corrected chi connectivity index (χ1v) is 12.4. The van der Waals surface area contributed by atoms with Gasteiger partial charge in [0.15, 0.2) is 5.82 Å². The molecule has 2 aromatic carbocycles. The molecule has 7 heteroatoms. The average molecular weight is 469 g/mol. The second-order valence-corrected chi connectivity index (χ2v) is 8.81. The van der Waals surface area contributed by atoms with E-state index in [-0.39, 0.29) is 12.5 Å². The van der Waals surface area contributed by atoms with E-state index in [1.807, 2.05) is 29.2 Å². The molecule has 0 unspecified atom stereocenters. The summed E-state index contributed by atoms with van der Waals surface area (Å²) < 4.78 is 2.05. The molecule has 4 aromatic rings. The lowest BCUT2D eigenvalue weighted by Crippen LogP contribution is -2.49. The highest BCUT2D eigenvalue weighted by molar-refractivity contribution is 5.99. The molecule has 1 aliphatic heterocycles. The zero-order chi connectivity index (χ0) is 24.2. The molecule has 1 aliphatic rings. The number of benzene rings is 2. The second kappa shape index (κ2) is 10.2. The SMILES string of the molecule is CCN(CC)c1ncnc2c(-c3ccccc3)cn(CC(=O)N3CCN(c4ccccc4)CC3)c12. The molecule has 0 bridgehead atoms. The first kappa shape index (κ1) is 22.9. The lowest BCUT2D eigenvalue weighted by Gasteiger charge is -2.36. The van der Waals surface area contributed by atoms with Crippen LogP contribution in [0.25, 0.3) is 22.2 Å². The summed E-state index contributed by atoms with van der Waals surface area (Å²) in [6.45, 7) is 9.32. The van der Waals surface area contributed by atoms with Crippen LogP contribution in [0.4, 0.5) is 11.5 Å². The van der Waals surface area contributed by atoms with Crippen LogP contribution in [0.3, 0.4) is 0 Å². The number of aromatic nitrogens is 3. The Morgan fingerprint density at radius 2 is 1.54 bits per heavy atom. The van der Waals surface area contributed by atoms with Gasteiger partial charge < -0.3 is 19.3 Å². The predicted molar refractivity (Wildman–Crippen MR) is 142 cm³/mol. The topological polar surface area (TPSA) is 57.5 Å². The zero-order valence-electron chi connectivity index (χ0n) is 20.5. The first-order valence-electron chi connectivity index (χ1n) is 12.4. The molecule has 0 spiro atoms.